The van der Waals surface area contributed by atoms with Crippen LogP contribution in [0.1, 0.15) is 15.9 Å². The van der Waals surface area contributed by atoms with Crippen LogP contribution in [0.15, 0.2) is 42.5 Å². The second kappa shape index (κ2) is 8.77. The van der Waals surface area contributed by atoms with Gasteiger partial charge in [-0.15, -0.1) is 0 Å². The molecule has 3 rings (SSSR count). The first kappa shape index (κ1) is 19.0. The van der Waals surface area contributed by atoms with Crippen molar-refractivity contribution in [3.05, 3.63) is 53.6 Å². The maximum Gasteiger partial charge on any atom is 0.253 e. The standard InChI is InChI=1S/C21H26N2O4/c1-25-15-17-14-16(4-9-20(17)27-3)21(24)23-12-10-22(11-13-23)18-5-7-19(26-2)8-6-18/h4-9,14H,10-13,15H2,1-3H3. The van der Waals surface area contributed by atoms with E-state index >= 15 is 0 Å². The Bertz CT molecular complexity index is 768. The summed E-state index contributed by atoms with van der Waals surface area (Å²) in [6, 6.07) is 13.5. The van der Waals surface area contributed by atoms with Gasteiger partial charge in [-0.3, -0.25) is 4.79 Å². The number of piperazine rings is 1. The normalized spacial score (nSPS) is 14.2. The van der Waals surface area contributed by atoms with Crippen molar-refractivity contribution in [1.82, 2.24) is 4.90 Å². The number of carbonyl (C=O) groups is 1. The van der Waals surface area contributed by atoms with E-state index in [4.69, 9.17) is 14.2 Å². The molecule has 27 heavy (non-hydrogen) atoms. The van der Waals surface area contributed by atoms with Crippen LogP contribution in [0.2, 0.25) is 0 Å². The zero-order valence-electron chi connectivity index (χ0n) is 16.1. The molecule has 1 amide bonds. The molecule has 0 spiro atoms. The van der Waals surface area contributed by atoms with Crippen molar-refractivity contribution in [2.24, 2.45) is 0 Å². The summed E-state index contributed by atoms with van der Waals surface area (Å²) in [5.41, 5.74) is 2.69. The lowest BCUT2D eigenvalue weighted by Crippen LogP contribution is -2.48. The number of carbonyl (C=O) groups excluding carboxylic acids is 1. The van der Waals surface area contributed by atoms with Crippen LogP contribution < -0.4 is 14.4 Å². The number of anilines is 1. The molecule has 0 unspecified atom stereocenters. The van der Waals surface area contributed by atoms with Gasteiger partial charge in [-0.05, 0) is 42.5 Å². The molecule has 0 aromatic heterocycles. The van der Waals surface area contributed by atoms with E-state index in [0.717, 1.165) is 35.8 Å². The molecule has 1 aliphatic heterocycles. The highest BCUT2D eigenvalue weighted by molar-refractivity contribution is 5.94. The van der Waals surface area contributed by atoms with Crippen LogP contribution in [0.5, 0.6) is 11.5 Å². The van der Waals surface area contributed by atoms with Crippen LogP contribution in [-0.4, -0.2) is 58.3 Å². The summed E-state index contributed by atoms with van der Waals surface area (Å²) in [5, 5.41) is 0. The molecule has 2 aromatic rings. The molecule has 1 saturated heterocycles. The largest absolute Gasteiger partial charge is 0.497 e. The lowest BCUT2D eigenvalue weighted by Gasteiger charge is -2.36. The molecule has 6 nitrogen and oxygen atoms in total. The molecule has 144 valence electrons. The molecule has 0 radical (unpaired) electrons. The summed E-state index contributed by atoms with van der Waals surface area (Å²) in [6.07, 6.45) is 0. The number of hydrogen-bond donors (Lipinski definition) is 0. The summed E-state index contributed by atoms with van der Waals surface area (Å²) in [4.78, 5) is 17.1. The van der Waals surface area contributed by atoms with Crippen LogP contribution in [0.3, 0.4) is 0 Å². The average molecular weight is 370 g/mol. The third-order valence-electron chi connectivity index (χ3n) is 4.83. The van der Waals surface area contributed by atoms with Gasteiger partial charge in [-0.2, -0.15) is 0 Å². The fraction of sp³-hybridized carbons (Fsp3) is 0.381. The number of hydrogen-bond acceptors (Lipinski definition) is 5. The van der Waals surface area contributed by atoms with Crippen LogP contribution >= 0.6 is 0 Å². The summed E-state index contributed by atoms with van der Waals surface area (Å²) in [6.45, 7) is 3.40. The van der Waals surface area contributed by atoms with Crippen LogP contribution in [0, 0.1) is 0 Å². The molecule has 2 aromatic carbocycles. The Morgan fingerprint density at radius 3 is 2.22 bits per heavy atom. The molecule has 0 bridgehead atoms. The number of rotatable bonds is 6. The quantitative estimate of drug-likeness (QED) is 0.783. The number of methoxy groups -OCH3 is 3. The lowest BCUT2D eigenvalue weighted by atomic mass is 10.1. The zero-order valence-corrected chi connectivity index (χ0v) is 16.1. The first-order valence-electron chi connectivity index (χ1n) is 9.00. The molecule has 1 aliphatic rings. The number of ether oxygens (including phenoxy) is 3. The summed E-state index contributed by atoms with van der Waals surface area (Å²) in [7, 11) is 4.91. The molecular formula is C21H26N2O4. The zero-order chi connectivity index (χ0) is 19.2. The van der Waals surface area contributed by atoms with Crippen LogP contribution in [0.4, 0.5) is 5.69 Å². The Morgan fingerprint density at radius 1 is 0.926 bits per heavy atom. The van der Waals surface area contributed by atoms with Gasteiger partial charge in [0.05, 0.1) is 20.8 Å². The number of amides is 1. The van der Waals surface area contributed by atoms with Gasteiger partial charge in [0.1, 0.15) is 11.5 Å². The summed E-state index contributed by atoms with van der Waals surface area (Å²) in [5.74, 6) is 1.63. The maximum atomic E-state index is 12.9. The van der Waals surface area contributed by atoms with Crippen molar-refractivity contribution in [3.63, 3.8) is 0 Å². The van der Waals surface area contributed by atoms with Gasteiger partial charge < -0.3 is 24.0 Å². The second-order valence-corrected chi connectivity index (χ2v) is 6.44. The minimum Gasteiger partial charge on any atom is -0.497 e. The summed E-state index contributed by atoms with van der Waals surface area (Å²) < 4.78 is 15.8. The van der Waals surface area contributed by atoms with E-state index in [-0.39, 0.29) is 5.91 Å². The predicted octanol–water partition coefficient (Wildman–Crippen LogP) is 2.81. The highest BCUT2D eigenvalue weighted by Crippen LogP contribution is 2.23. The Hall–Kier alpha value is -2.73. The van der Waals surface area contributed by atoms with E-state index in [2.05, 4.69) is 17.0 Å². The smallest absolute Gasteiger partial charge is 0.253 e. The van der Waals surface area contributed by atoms with Crippen molar-refractivity contribution in [1.29, 1.82) is 0 Å². The van der Waals surface area contributed by atoms with E-state index in [1.165, 1.54) is 0 Å². The Labute approximate surface area is 160 Å². The highest BCUT2D eigenvalue weighted by atomic mass is 16.5. The van der Waals surface area contributed by atoms with Crippen LogP contribution in [-0.2, 0) is 11.3 Å². The van der Waals surface area contributed by atoms with E-state index in [0.29, 0.717) is 25.3 Å². The molecular weight excluding hydrogens is 344 g/mol. The monoisotopic (exact) mass is 370 g/mol. The second-order valence-electron chi connectivity index (χ2n) is 6.44. The van der Waals surface area contributed by atoms with Gasteiger partial charge in [-0.25, -0.2) is 0 Å². The minimum atomic E-state index is 0.0457. The van der Waals surface area contributed by atoms with E-state index in [1.807, 2.05) is 35.2 Å². The highest BCUT2D eigenvalue weighted by Gasteiger charge is 2.23. The SMILES string of the molecule is COCc1cc(C(=O)N2CCN(c3ccc(OC)cc3)CC2)ccc1OC. The molecule has 0 N–H and O–H groups in total. The molecule has 6 heteroatoms. The third-order valence-corrected chi connectivity index (χ3v) is 4.83. The van der Waals surface area contributed by atoms with E-state index in [9.17, 15) is 4.79 Å². The molecule has 1 heterocycles. The Balaban J connectivity index is 1.65. The van der Waals surface area contributed by atoms with Crippen molar-refractivity contribution in [3.8, 4) is 11.5 Å². The van der Waals surface area contributed by atoms with Gasteiger partial charge in [0.15, 0.2) is 0 Å². The third kappa shape index (κ3) is 4.34. The van der Waals surface area contributed by atoms with E-state index in [1.54, 1.807) is 21.3 Å². The van der Waals surface area contributed by atoms with Crippen molar-refractivity contribution in [2.45, 2.75) is 6.61 Å². The molecule has 1 fully saturated rings. The first-order chi connectivity index (χ1) is 13.2. The van der Waals surface area contributed by atoms with Gasteiger partial charge in [-0.1, -0.05) is 0 Å². The molecule has 0 atom stereocenters. The number of nitrogens with zero attached hydrogens (tertiary/aromatic N) is 2. The van der Waals surface area contributed by atoms with Gasteiger partial charge in [0, 0.05) is 50.1 Å². The van der Waals surface area contributed by atoms with E-state index < -0.39 is 0 Å². The molecule has 0 aliphatic carbocycles. The lowest BCUT2D eigenvalue weighted by molar-refractivity contribution is 0.0746. The summed E-state index contributed by atoms with van der Waals surface area (Å²) >= 11 is 0. The maximum absolute atomic E-state index is 12.9. The topological polar surface area (TPSA) is 51.2 Å². The van der Waals surface area contributed by atoms with Crippen molar-refractivity contribution in [2.75, 3.05) is 52.4 Å². The van der Waals surface area contributed by atoms with Gasteiger partial charge in [0.25, 0.3) is 5.91 Å². The predicted molar refractivity (Wildman–Crippen MR) is 105 cm³/mol. The fourth-order valence-corrected chi connectivity index (χ4v) is 3.32. The van der Waals surface area contributed by atoms with Gasteiger partial charge in [0.2, 0.25) is 0 Å². The average Bonchev–Trinajstić information content (AvgIpc) is 2.73. The van der Waals surface area contributed by atoms with Crippen molar-refractivity contribution >= 4 is 11.6 Å². The van der Waals surface area contributed by atoms with Crippen LogP contribution in [0.25, 0.3) is 0 Å². The Morgan fingerprint density at radius 2 is 1.63 bits per heavy atom. The fourth-order valence-electron chi connectivity index (χ4n) is 3.32. The van der Waals surface area contributed by atoms with Crippen molar-refractivity contribution < 1.29 is 19.0 Å². The number of benzene rings is 2. The van der Waals surface area contributed by atoms with Gasteiger partial charge >= 0.3 is 0 Å². The minimum absolute atomic E-state index is 0.0457. The Kier molecular flexibility index (Phi) is 6.19. The first-order valence-corrected chi connectivity index (χ1v) is 9.00. The molecule has 0 saturated carbocycles.